The molecule has 21 heavy (non-hydrogen) atoms. The number of hydrogen-bond donors (Lipinski definition) is 2. The molecule has 0 bridgehead atoms. The summed E-state index contributed by atoms with van der Waals surface area (Å²) in [5.74, 6) is 2.20. The fourth-order valence-electron chi connectivity index (χ4n) is 2.17. The van der Waals surface area contributed by atoms with Crippen molar-refractivity contribution in [3.8, 4) is 0 Å². The molecule has 3 nitrogen and oxygen atoms in total. The zero-order valence-corrected chi connectivity index (χ0v) is 16.6. The van der Waals surface area contributed by atoms with Gasteiger partial charge in [-0.1, -0.05) is 12.1 Å². The molecule has 1 unspecified atom stereocenters. The third-order valence-corrected chi connectivity index (χ3v) is 5.51. The van der Waals surface area contributed by atoms with E-state index in [4.69, 9.17) is 0 Å². The fourth-order valence-corrected chi connectivity index (χ4v) is 3.78. The lowest BCUT2D eigenvalue weighted by Gasteiger charge is -2.14. The van der Waals surface area contributed by atoms with Crippen LogP contribution in [0.2, 0.25) is 0 Å². The summed E-state index contributed by atoms with van der Waals surface area (Å²) in [6.45, 7) is 1.82. The summed E-state index contributed by atoms with van der Waals surface area (Å²) in [6, 6.07) is 8.65. The smallest absolute Gasteiger partial charge is 0.191 e. The SMILES string of the molecule is CN=C(NCc1ccc(SC)cc1)NCC1CCCS1.I. The van der Waals surface area contributed by atoms with Gasteiger partial charge in [0.2, 0.25) is 0 Å². The molecular weight excluding hydrogens is 413 g/mol. The summed E-state index contributed by atoms with van der Waals surface area (Å²) >= 11 is 3.84. The minimum absolute atomic E-state index is 0. The molecule has 1 aliphatic heterocycles. The van der Waals surface area contributed by atoms with Gasteiger partial charge in [0.05, 0.1) is 0 Å². The molecule has 0 spiro atoms. The normalized spacial score (nSPS) is 18.2. The predicted octanol–water partition coefficient (Wildman–Crippen LogP) is 3.59. The van der Waals surface area contributed by atoms with Crippen LogP contribution in [0.1, 0.15) is 18.4 Å². The quantitative estimate of drug-likeness (QED) is 0.320. The van der Waals surface area contributed by atoms with E-state index in [0.29, 0.717) is 0 Å². The Labute approximate surface area is 153 Å². The number of hydrogen-bond acceptors (Lipinski definition) is 3. The molecule has 1 atom stereocenters. The van der Waals surface area contributed by atoms with Crippen molar-refractivity contribution in [3.63, 3.8) is 0 Å². The number of nitrogens with zero attached hydrogens (tertiary/aromatic N) is 1. The molecule has 1 aliphatic rings. The molecule has 1 saturated heterocycles. The molecule has 118 valence electrons. The fraction of sp³-hybridized carbons (Fsp3) is 0.533. The van der Waals surface area contributed by atoms with Crippen molar-refractivity contribution in [3.05, 3.63) is 29.8 Å². The van der Waals surface area contributed by atoms with Gasteiger partial charge in [-0.3, -0.25) is 4.99 Å². The predicted molar refractivity (Wildman–Crippen MR) is 107 cm³/mol. The maximum Gasteiger partial charge on any atom is 0.191 e. The maximum atomic E-state index is 4.28. The highest BCUT2D eigenvalue weighted by atomic mass is 127. The molecule has 0 amide bonds. The highest BCUT2D eigenvalue weighted by molar-refractivity contribution is 14.0. The average molecular weight is 437 g/mol. The summed E-state index contributed by atoms with van der Waals surface area (Å²) in [5.41, 5.74) is 1.28. The van der Waals surface area contributed by atoms with Gasteiger partial charge in [0, 0.05) is 30.3 Å². The van der Waals surface area contributed by atoms with Gasteiger partial charge in [-0.2, -0.15) is 11.8 Å². The topological polar surface area (TPSA) is 36.4 Å². The summed E-state index contributed by atoms with van der Waals surface area (Å²) in [7, 11) is 1.83. The van der Waals surface area contributed by atoms with E-state index >= 15 is 0 Å². The molecule has 6 heteroatoms. The third-order valence-electron chi connectivity index (χ3n) is 3.36. The lowest BCUT2D eigenvalue weighted by Crippen LogP contribution is -2.39. The van der Waals surface area contributed by atoms with Gasteiger partial charge in [0.25, 0.3) is 0 Å². The highest BCUT2D eigenvalue weighted by Gasteiger charge is 2.15. The first-order valence-corrected chi connectivity index (χ1v) is 9.28. The molecule has 0 aliphatic carbocycles. The molecule has 2 rings (SSSR count). The van der Waals surface area contributed by atoms with Crippen molar-refractivity contribution in [2.45, 2.75) is 29.5 Å². The van der Waals surface area contributed by atoms with E-state index in [2.05, 4.69) is 57.9 Å². The van der Waals surface area contributed by atoms with E-state index in [1.54, 1.807) is 11.8 Å². The van der Waals surface area contributed by atoms with Crippen LogP contribution in [0.5, 0.6) is 0 Å². The lowest BCUT2D eigenvalue weighted by atomic mass is 10.2. The van der Waals surface area contributed by atoms with Crippen LogP contribution >= 0.6 is 47.5 Å². The molecule has 2 N–H and O–H groups in total. The Bertz CT molecular complexity index is 431. The van der Waals surface area contributed by atoms with E-state index in [0.717, 1.165) is 24.3 Å². The Balaban J connectivity index is 0.00000220. The van der Waals surface area contributed by atoms with Crippen molar-refractivity contribution in [2.75, 3.05) is 25.6 Å². The molecule has 0 radical (unpaired) electrons. The van der Waals surface area contributed by atoms with Crippen LogP contribution in [0.4, 0.5) is 0 Å². The average Bonchev–Trinajstić information content (AvgIpc) is 3.01. The van der Waals surface area contributed by atoms with Crippen molar-refractivity contribution in [1.82, 2.24) is 10.6 Å². The Morgan fingerprint density at radius 3 is 2.67 bits per heavy atom. The Hall–Kier alpha value is -0.0800. The van der Waals surface area contributed by atoms with Gasteiger partial charge in [-0.25, -0.2) is 0 Å². The second kappa shape index (κ2) is 10.6. The summed E-state index contributed by atoms with van der Waals surface area (Å²) < 4.78 is 0. The van der Waals surface area contributed by atoms with Crippen molar-refractivity contribution >= 4 is 53.5 Å². The first-order chi connectivity index (χ1) is 9.81. The minimum atomic E-state index is 0. The number of guanidine groups is 1. The third kappa shape index (κ3) is 6.69. The van der Waals surface area contributed by atoms with Crippen LogP contribution in [0.25, 0.3) is 0 Å². The van der Waals surface area contributed by atoms with Crippen molar-refractivity contribution < 1.29 is 0 Å². The van der Waals surface area contributed by atoms with Gasteiger partial charge in [0.15, 0.2) is 5.96 Å². The highest BCUT2D eigenvalue weighted by Crippen LogP contribution is 2.25. The number of thioether (sulfide) groups is 2. The molecule has 0 saturated carbocycles. The number of rotatable bonds is 5. The van der Waals surface area contributed by atoms with Crippen molar-refractivity contribution in [1.29, 1.82) is 0 Å². The van der Waals surface area contributed by atoms with Crippen LogP contribution in [-0.2, 0) is 6.54 Å². The zero-order valence-electron chi connectivity index (χ0n) is 12.6. The largest absolute Gasteiger partial charge is 0.355 e. The number of halogens is 1. The number of nitrogens with one attached hydrogen (secondary N) is 2. The van der Waals surface area contributed by atoms with Gasteiger partial charge in [-0.15, -0.1) is 35.7 Å². The maximum absolute atomic E-state index is 4.28. The van der Waals surface area contributed by atoms with Gasteiger partial charge in [0.1, 0.15) is 0 Å². The number of benzene rings is 1. The Kier molecular flexibility index (Phi) is 9.59. The lowest BCUT2D eigenvalue weighted by molar-refractivity contribution is 0.726. The summed E-state index contributed by atoms with van der Waals surface area (Å²) in [6.07, 6.45) is 4.77. The second-order valence-corrected chi connectivity index (χ2v) is 7.08. The standard InChI is InChI=1S/C15H23N3S2.HI/c1-16-15(18-11-14-4-3-9-20-14)17-10-12-5-7-13(19-2)8-6-12;/h5-8,14H,3-4,9-11H2,1-2H3,(H2,16,17,18);1H. The van der Waals surface area contributed by atoms with E-state index in [1.807, 2.05) is 7.05 Å². The first kappa shape index (κ1) is 19.0. The summed E-state index contributed by atoms with van der Waals surface area (Å²) in [5, 5.41) is 7.53. The molecule has 1 aromatic carbocycles. The van der Waals surface area contributed by atoms with Crippen LogP contribution in [0.3, 0.4) is 0 Å². The number of aliphatic imine (C=N–C) groups is 1. The van der Waals surface area contributed by atoms with E-state index in [9.17, 15) is 0 Å². The van der Waals surface area contributed by atoms with Crippen LogP contribution in [0, 0.1) is 0 Å². The monoisotopic (exact) mass is 437 g/mol. The van der Waals surface area contributed by atoms with Crippen molar-refractivity contribution in [2.24, 2.45) is 4.99 Å². The van der Waals surface area contributed by atoms with E-state index in [-0.39, 0.29) is 24.0 Å². The minimum Gasteiger partial charge on any atom is -0.355 e. The first-order valence-electron chi connectivity index (χ1n) is 7.01. The molecular formula is C15H24IN3S2. The zero-order chi connectivity index (χ0) is 14.2. The summed E-state index contributed by atoms with van der Waals surface area (Å²) in [4.78, 5) is 5.58. The van der Waals surface area contributed by atoms with Gasteiger partial charge >= 0.3 is 0 Å². The van der Waals surface area contributed by atoms with Crippen LogP contribution < -0.4 is 10.6 Å². The van der Waals surface area contributed by atoms with Crippen LogP contribution in [-0.4, -0.2) is 36.8 Å². The Morgan fingerprint density at radius 2 is 2.10 bits per heavy atom. The molecule has 1 fully saturated rings. The molecule has 0 aromatic heterocycles. The molecule has 1 heterocycles. The van der Waals surface area contributed by atoms with E-state index < -0.39 is 0 Å². The van der Waals surface area contributed by atoms with E-state index in [1.165, 1.54) is 29.1 Å². The Morgan fingerprint density at radius 1 is 1.33 bits per heavy atom. The van der Waals surface area contributed by atoms with Crippen LogP contribution in [0.15, 0.2) is 34.2 Å². The molecule has 1 aromatic rings. The second-order valence-electron chi connectivity index (χ2n) is 4.79. The van der Waals surface area contributed by atoms with Gasteiger partial charge in [-0.05, 0) is 42.5 Å². The van der Waals surface area contributed by atoms with Gasteiger partial charge < -0.3 is 10.6 Å².